The highest BCUT2D eigenvalue weighted by molar-refractivity contribution is 5.77. The number of hydrogen-bond acceptors (Lipinski definition) is 5. The number of aliphatic hydroxyl groups excluding tert-OH is 1. The fraction of sp³-hybridized carbons (Fsp3) is 0.722. The summed E-state index contributed by atoms with van der Waals surface area (Å²) in [5, 5.41) is 19.1. The van der Waals surface area contributed by atoms with E-state index in [0.29, 0.717) is 31.4 Å². The zero-order chi connectivity index (χ0) is 16.7. The molecule has 0 spiro atoms. The molecule has 2 atom stereocenters. The third kappa shape index (κ3) is 2.66. The molecule has 4 rings (SSSR count). The van der Waals surface area contributed by atoms with E-state index in [1.165, 1.54) is 25.7 Å². The lowest BCUT2D eigenvalue weighted by Gasteiger charge is -2.28. The molecule has 2 saturated heterocycles. The molecule has 0 bridgehead atoms. The number of nitrogens with zero attached hydrogens (tertiary/aromatic N) is 2. The van der Waals surface area contributed by atoms with Crippen molar-refractivity contribution in [3.63, 3.8) is 0 Å². The summed E-state index contributed by atoms with van der Waals surface area (Å²) in [6, 6.07) is 4.25. The molecule has 3 aliphatic rings. The Balaban J connectivity index is 1.45. The molecule has 1 aromatic rings. The Morgan fingerprint density at radius 3 is 2.58 bits per heavy atom. The second-order valence-electron chi connectivity index (χ2n) is 7.72. The van der Waals surface area contributed by atoms with Gasteiger partial charge in [0.25, 0.3) is 0 Å². The summed E-state index contributed by atoms with van der Waals surface area (Å²) in [4.78, 5) is 16.7. The van der Waals surface area contributed by atoms with Gasteiger partial charge in [-0.25, -0.2) is 0 Å². The van der Waals surface area contributed by atoms with Crippen LogP contribution in [0.5, 0.6) is 0 Å². The van der Waals surface area contributed by atoms with Gasteiger partial charge in [-0.05, 0) is 25.0 Å². The molecule has 0 aromatic carbocycles. The average molecular weight is 334 g/mol. The normalized spacial score (nSPS) is 31.8. The van der Waals surface area contributed by atoms with Gasteiger partial charge in [-0.15, -0.1) is 0 Å². The zero-order valence-corrected chi connectivity index (χ0v) is 14.0. The molecular weight excluding hydrogens is 308 g/mol. The first kappa shape index (κ1) is 16.1. The summed E-state index contributed by atoms with van der Waals surface area (Å²) >= 11 is 0. The number of carbonyl (C=O) groups is 1. The molecule has 1 aliphatic carbocycles. The van der Waals surface area contributed by atoms with Gasteiger partial charge in [0.1, 0.15) is 18.1 Å². The van der Waals surface area contributed by atoms with E-state index in [0.717, 1.165) is 18.8 Å². The van der Waals surface area contributed by atoms with Gasteiger partial charge in [-0.3, -0.25) is 14.6 Å². The minimum atomic E-state index is -0.647. The number of furan rings is 1. The first-order valence-corrected chi connectivity index (χ1v) is 8.99. The number of likely N-dealkylation sites (tertiary alicyclic amines) is 2. The van der Waals surface area contributed by atoms with Crippen molar-refractivity contribution in [1.29, 1.82) is 0 Å². The molecule has 6 heteroatoms. The Labute approximate surface area is 142 Å². The molecule has 24 heavy (non-hydrogen) atoms. The van der Waals surface area contributed by atoms with E-state index >= 15 is 0 Å². The topological polar surface area (TPSA) is 77.1 Å². The maximum Gasteiger partial charge on any atom is 0.312 e. The highest BCUT2D eigenvalue weighted by Crippen LogP contribution is 2.45. The summed E-state index contributed by atoms with van der Waals surface area (Å²) in [7, 11) is 0. The average Bonchev–Trinajstić information content (AvgIpc) is 3.30. The number of carboxylic acids is 1. The minimum Gasteiger partial charge on any atom is -0.481 e. The quantitative estimate of drug-likeness (QED) is 0.850. The highest BCUT2D eigenvalue weighted by atomic mass is 16.4. The van der Waals surface area contributed by atoms with Crippen LogP contribution in [0.2, 0.25) is 0 Å². The van der Waals surface area contributed by atoms with E-state index in [1.807, 2.05) is 6.07 Å². The molecule has 0 amide bonds. The van der Waals surface area contributed by atoms with Crippen molar-refractivity contribution < 1.29 is 19.4 Å². The minimum absolute atomic E-state index is 0.0992. The summed E-state index contributed by atoms with van der Waals surface area (Å²) in [5.74, 6) is 0.908. The third-order valence-electron chi connectivity index (χ3n) is 6.23. The van der Waals surface area contributed by atoms with Crippen molar-refractivity contribution >= 4 is 5.97 Å². The predicted molar refractivity (Wildman–Crippen MR) is 87.3 cm³/mol. The van der Waals surface area contributed by atoms with E-state index in [2.05, 4.69) is 9.80 Å². The van der Waals surface area contributed by atoms with Crippen LogP contribution >= 0.6 is 0 Å². The largest absolute Gasteiger partial charge is 0.481 e. The van der Waals surface area contributed by atoms with Gasteiger partial charge in [0, 0.05) is 38.1 Å². The Hall–Kier alpha value is -1.37. The number of fused-ring (bicyclic) bond motifs is 1. The van der Waals surface area contributed by atoms with Crippen LogP contribution in [0.1, 0.15) is 37.2 Å². The molecule has 0 radical (unpaired) electrons. The van der Waals surface area contributed by atoms with E-state index in [9.17, 15) is 9.90 Å². The molecule has 1 aromatic heterocycles. The molecular formula is C18H26N2O4. The molecule has 0 unspecified atom stereocenters. The smallest absolute Gasteiger partial charge is 0.312 e. The molecule has 1 saturated carbocycles. The first-order valence-electron chi connectivity index (χ1n) is 8.99. The van der Waals surface area contributed by atoms with Crippen LogP contribution in [0, 0.1) is 11.3 Å². The van der Waals surface area contributed by atoms with E-state index < -0.39 is 11.4 Å². The lowest BCUT2D eigenvalue weighted by molar-refractivity contribution is -0.149. The summed E-state index contributed by atoms with van der Waals surface area (Å²) < 4.78 is 5.56. The van der Waals surface area contributed by atoms with Crippen LogP contribution in [-0.2, 0) is 17.9 Å². The predicted octanol–water partition coefficient (Wildman–Crippen LogP) is 1.53. The number of hydrogen-bond donors (Lipinski definition) is 2. The highest BCUT2D eigenvalue weighted by Gasteiger charge is 2.58. The van der Waals surface area contributed by atoms with E-state index in [-0.39, 0.29) is 12.5 Å². The lowest BCUT2D eigenvalue weighted by atomic mass is 9.81. The second kappa shape index (κ2) is 6.17. The Kier molecular flexibility index (Phi) is 4.14. The zero-order valence-electron chi connectivity index (χ0n) is 14.0. The second-order valence-corrected chi connectivity index (χ2v) is 7.72. The van der Waals surface area contributed by atoms with Gasteiger partial charge >= 0.3 is 5.97 Å². The first-order chi connectivity index (χ1) is 11.6. The number of carboxylic acid groups (broad SMARTS) is 1. The van der Waals surface area contributed by atoms with Gasteiger partial charge in [0.2, 0.25) is 0 Å². The maximum absolute atomic E-state index is 12.1. The summed E-state index contributed by atoms with van der Waals surface area (Å²) in [5.41, 5.74) is -0.630. The summed E-state index contributed by atoms with van der Waals surface area (Å²) in [6.45, 7) is 3.52. The van der Waals surface area contributed by atoms with Crippen molar-refractivity contribution in [3.05, 3.63) is 23.7 Å². The SMILES string of the molecule is O=C(O)[C@@]12CN(Cc3ccc(CO)o3)C[C@@H]1CN(C1CCCC1)C2. The maximum atomic E-state index is 12.1. The van der Waals surface area contributed by atoms with Crippen molar-refractivity contribution in [3.8, 4) is 0 Å². The standard InChI is InChI=1S/C18H26N2O4/c21-10-16-6-5-15(24-16)9-19-7-13-8-20(14-3-1-2-4-14)12-18(13,11-19)17(22)23/h5-6,13-14,21H,1-4,7-12H2,(H,22,23)/t13-,18-/m1/s1. The van der Waals surface area contributed by atoms with Crippen LogP contribution in [0.3, 0.4) is 0 Å². The molecule has 2 N–H and O–H groups in total. The van der Waals surface area contributed by atoms with Gasteiger partial charge in [0.05, 0.1) is 12.0 Å². The van der Waals surface area contributed by atoms with E-state index in [1.54, 1.807) is 6.07 Å². The van der Waals surface area contributed by atoms with Crippen molar-refractivity contribution in [1.82, 2.24) is 9.80 Å². The molecule has 3 fully saturated rings. The third-order valence-corrected chi connectivity index (χ3v) is 6.23. The van der Waals surface area contributed by atoms with Crippen molar-refractivity contribution in [2.24, 2.45) is 11.3 Å². The van der Waals surface area contributed by atoms with Crippen LogP contribution in [0.15, 0.2) is 16.5 Å². The van der Waals surface area contributed by atoms with Gasteiger partial charge < -0.3 is 14.6 Å². The Morgan fingerprint density at radius 2 is 1.96 bits per heavy atom. The number of rotatable bonds is 5. The van der Waals surface area contributed by atoms with E-state index in [4.69, 9.17) is 9.52 Å². The van der Waals surface area contributed by atoms with Gasteiger partial charge in [-0.2, -0.15) is 0 Å². The Morgan fingerprint density at radius 1 is 1.21 bits per heavy atom. The van der Waals surface area contributed by atoms with Crippen LogP contribution in [0.4, 0.5) is 0 Å². The fourth-order valence-corrected chi connectivity index (χ4v) is 4.99. The van der Waals surface area contributed by atoms with Gasteiger partial charge in [0.15, 0.2) is 0 Å². The Bertz CT molecular complexity index is 610. The van der Waals surface area contributed by atoms with Crippen LogP contribution in [-0.4, -0.2) is 58.2 Å². The lowest BCUT2D eigenvalue weighted by Crippen LogP contribution is -2.42. The molecule has 6 nitrogen and oxygen atoms in total. The summed E-state index contributed by atoms with van der Waals surface area (Å²) in [6.07, 6.45) is 5.01. The molecule has 3 heterocycles. The van der Waals surface area contributed by atoms with Crippen LogP contribution in [0.25, 0.3) is 0 Å². The number of aliphatic carboxylic acids is 1. The molecule has 132 valence electrons. The van der Waals surface area contributed by atoms with Crippen molar-refractivity contribution in [2.75, 3.05) is 26.2 Å². The van der Waals surface area contributed by atoms with Crippen LogP contribution < -0.4 is 0 Å². The fourth-order valence-electron chi connectivity index (χ4n) is 4.99. The molecule has 2 aliphatic heterocycles. The van der Waals surface area contributed by atoms with Crippen molar-refractivity contribution in [2.45, 2.75) is 44.9 Å². The monoisotopic (exact) mass is 334 g/mol. The van der Waals surface area contributed by atoms with Gasteiger partial charge in [-0.1, -0.05) is 12.8 Å². The number of aliphatic hydroxyl groups is 1.